The van der Waals surface area contributed by atoms with Crippen molar-refractivity contribution in [3.05, 3.63) is 11.6 Å². The van der Waals surface area contributed by atoms with Gasteiger partial charge in [-0.1, -0.05) is 67.0 Å². The van der Waals surface area contributed by atoms with E-state index in [-0.39, 0.29) is 39.3 Å². The van der Waals surface area contributed by atoms with Crippen LogP contribution < -0.4 is 0 Å². The molecule has 33 heavy (non-hydrogen) atoms. The molecule has 1 N–H and O–H groups in total. The second-order valence-corrected chi connectivity index (χ2v) is 14.0. The first-order valence-corrected chi connectivity index (χ1v) is 13.6. The number of fused-ring (bicyclic) bond motifs is 5. The molecule has 4 aliphatic rings. The highest BCUT2D eigenvalue weighted by Gasteiger charge is 2.65. The van der Waals surface area contributed by atoms with Crippen LogP contribution in [0.5, 0.6) is 0 Å². The lowest BCUT2D eigenvalue weighted by Gasteiger charge is -2.63. The molecule has 8 unspecified atom stereocenters. The van der Waals surface area contributed by atoms with Crippen LogP contribution in [0, 0.1) is 51.2 Å². The summed E-state index contributed by atoms with van der Waals surface area (Å²) >= 11 is 0. The van der Waals surface area contributed by atoms with Crippen LogP contribution in [-0.4, -0.2) is 22.8 Å². The molecule has 4 aliphatic carbocycles. The average molecular weight is 457 g/mol. The summed E-state index contributed by atoms with van der Waals surface area (Å²) in [6.45, 7) is 18.0. The van der Waals surface area contributed by atoms with Crippen molar-refractivity contribution in [1.29, 1.82) is 0 Å². The quantitative estimate of drug-likeness (QED) is 0.464. The van der Waals surface area contributed by atoms with E-state index in [1.807, 2.05) is 13.8 Å². The summed E-state index contributed by atoms with van der Waals surface area (Å²) in [4.78, 5) is 25.5. The molecule has 0 aliphatic heterocycles. The number of aliphatic hydroxyl groups is 1. The Hall–Kier alpha value is -0.960. The molecule has 4 rings (SSSR count). The molecule has 0 amide bonds. The number of allylic oxidation sites excluding steroid dienone is 2. The number of hydrogen-bond donors (Lipinski definition) is 1. The second-order valence-electron chi connectivity index (χ2n) is 14.0. The zero-order chi connectivity index (χ0) is 24.6. The fourth-order valence-corrected chi connectivity index (χ4v) is 9.43. The summed E-state index contributed by atoms with van der Waals surface area (Å²) < 4.78 is 0. The molecular weight excluding hydrogens is 408 g/mol. The summed E-state index contributed by atoms with van der Waals surface area (Å²) in [5, 5.41) is 11.0. The number of carbonyl (C=O) groups is 2. The first kappa shape index (κ1) is 25.1. The van der Waals surface area contributed by atoms with E-state index in [4.69, 9.17) is 0 Å². The molecule has 3 saturated carbocycles. The zero-order valence-electron chi connectivity index (χ0n) is 22.5. The molecule has 0 spiro atoms. The van der Waals surface area contributed by atoms with Gasteiger partial charge in [-0.25, -0.2) is 0 Å². The Labute approximate surface area is 202 Å². The monoisotopic (exact) mass is 456 g/mol. The molecular formula is C30H48O3. The van der Waals surface area contributed by atoms with Gasteiger partial charge in [0, 0.05) is 18.3 Å². The van der Waals surface area contributed by atoms with Crippen LogP contribution in [0.3, 0.4) is 0 Å². The summed E-state index contributed by atoms with van der Waals surface area (Å²) in [6, 6.07) is 0. The molecule has 3 heteroatoms. The van der Waals surface area contributed by atoms with Gasteiger partial charge in [-0.2, -0.15) is 0 Å². The van der Waals surface area contributed by atoms with Crippen molar-refractivity contribution in [1.82, 2.24) is 0 Å². The number of hydrogen-bond acceptors (Lipinski definition) is 3. The minimum absolute atomic E-state index is 0.00149. The number of carbonyl (C=O) groups excluding carboxylic acids is 2. The predicted molar refractivity (Wildman–Crippen MR) is 134 cm³/mol. The Balaban J connectivity index is 1.65. The minimum Gasteiger partial charge on any atom is -0.385 e. The molecule has 186 valence electrons. The summed E-state index contributed by atoms with van der Waals surface area (Å²) in [6.07, 6.45) is 9.50. The van der Waals surface area contributed by atoms with Gasteiger partial charge in [0.15, 0.2) is 5.78 Å². The van der Waals surface area contributed by atoms with E-state index >= 15 is 0 Å². The van der Waals surface area contributed by atoms with Crippen molar-refractivity contribution in [2.24, 2.45) is 51.2 Å². The molecule has 0 aromatic heterocycles. The van der Waals surface area contributed by atoms with Gasteiger partial charge in [0.2, 0.25) is 0 Å². The lowest BCUT2D eigenvalue weighted by Crippen LogP contribution is -2.57. The first-order chi connectivity index (χ1) is 15.2. The predicted octanol–water partition coefficient (Wildman–Crippen LogP) is 6.77. The van der Waals surface area contributed by atoms with Gasteiger partial charge in [0.25, 0.3) is 0 Å². The number of rotatable bonds is 5. The fourth-order valence-electron chi connectivity index (χ4n) is 9.43. The first-order valence-electron chi connectivity index (χ1n) is 13.6. The Morgan fingerprint density at radius 3 is 2.36 bits per heavy atom. The van der Waals surface area contributed by atoms with Crippen LogP contribution in [0.25, 0.3) is 0 Å². The van der Waals surface area contributed by atoms with Crippen LogP contribution in [0.1, 0.15) is 107 Å². The van der Waals surface area contributed by atoms with Crippen molar-refractivity contribution >= 4 is 11.6 Å². The van der Waals surface area contributed by atoms with Gasteiger partial charge in [-0.15, -0.1) is 0 Å². The Morgan fingerprint density at radius 2 is 1.73 bits per heavy atom. The summed E-state index contributed by atoms with van der Waals surface area (Å²) in [5.74, 6) is 2.10. The van der Waals surface area contributed by atoms with Gasteiger partial charge < -0.3 is 5.11 Å². The highest BCUT2D eigenvalue weighted by molar-refractivity contribution is 5.85. The normalized spacial score (nSPS) is 43.9. The van der Waals surface area contributed by atoms with E-state index in [0.29, 0.717) is 30.0 Å². The minimum atomic E-state index is -0.846. The van der Waals surface area contributed by atoms with Gasteiger partial charge in [0.1, 0.15) is 11.9 Å². The fraction of sp³-hybridized carbons (Fsp3) is 0.867. The Kier molecular flexibility index (Phi) is 6.12. The second kappa shape index (κ2) is 8.04. The maximum atomic E-state index is 12.8. The lowest BCUT2D eigenvalue weighted by molar-refractivity contribution is -0.146. The molecule has 0 aromatic rings. The third kappa shape index (κ3) is 3.46. The molecule has 0 radical (unpaired) electrons. The molecule has 0 saturated heterocycles. The maximum Gasteiger partial charge on any atom is 0.161 e. The van der Waals surface area contributed by atoms with Crippen molar-refractivity contribution in [2.45, 2.75) is 113 Å². The van der Waals surface area contributed by atoms with Crippen LogP contribution in [-0.2, 0) is 9.59 Å². The molecule has 0 aromatic carbocycles. The third-order valence-corrected chi connectivity index (χ3v) is 11.7. The van der Waals surface area contributed by atoms with E-state index in [9.17, 15) is 14.7 Å². The van der Waals surface area contributed by atoms with Crippen LogP contribution in [0.15, 0.2) is 11.6 Å². The van der Waals surface area contributed by atoms with E-state index in [1.54, 1.807) is 5.57 Å². The molecule has 0 bridgehead atoms. The maximum absolute atomic E-state index is 12.8. The smallest absolute Gasteiger partial charge is 0.161 e. The van der Waals surface area contributed by atoms with Crippen molar-refractivity contribution in [3.8, 4) is 0 Å². The van der Waals surface area contributed by atoms with Gasteiger partial charge in [-0.3, -0.25) is 9.59 Å². The van der Waals surface area contributed by atoms with Crippen molar-refractivity contribution < 1.29 is 14.7 Å². The topological polar surface area (TPSA) is 54.4 Å². The van der Waals surface area contributed by atoms with Crippen LogP contribution in [0.4, 0.5) is 0 Å². The standard InChI is InChI=1S/C30H48O3/c1-18(2)17-23(31)26(33)19(3)20-11-15-30(8)22-9-10-24-27(4,5)25(32)13-14-28(24,6)21(22)12-16-29(20,30)7/h9,18-21,24,26,33H,10-17H2,1-8H3. The van der Waals surface area contributed by atoms with Crippen molar-refractivity contribution in [3.63, 3.8) is 0 Å². The number of ketones is 2. The number of Topliss-reactive ketones (excluding diaryl/α,β-unsaturated/α-hetero) is 2. The highest BCUT2D eigenvalue weighted by Crippen LogP contribution is 2.73. The molecule has 8 atom stereocenters. The average Bonchev–Trinajstić information content (AvgIpc) is 3.01. The zero-order valence-corrected chi connectivity index (χ0v) is 22.5. The van der Waals surface area contributed by atoms with Gasteiger partial charge in [-0.05, 0) is 84.4 Å². The molecule has 3 nitrogen and oxygen atoms in total. The van der Waals surface area contributed by atoms with Crippen molar-refractivity contribution in [2.75, 3.05) is 0 Å². The molecule has 0 heterocycles. The summed E-state index contributed by atoms with van der Waals surface area (Å²) in [5.41, 5.74) is 1.84. The lowest BCUT2D eigenvalue weighted by atomic mass is 9.41. The third-order valence-electron chi connectivity index (χ3n) is 11.7. The Bertz CT molecular complexity index is 853. The van der Waals surface area contributed by atoms with Gasteiger partial charge >= 0.3 is 0 Å². The Morgan fingerprint density at radius 1 is 1.06 bits per heavy atom. The number of aliphatic hydroxyl groups excluding tert-OH is 1. The van der Waals surface area contributed by atoms with E-state index in [2.05, 4.69) is 47.6 Å². The van der Waals surface area contributed by atoms with Crippen LogP contribution >= 0.6 is 0 Å². The SMILES string of the molecule is CC(C)CC(=O)C(O)C(C)C1CCC2(C)C3=CCC4C(C)(C)C(=O)CCC4(C)C3CCC12C. The van der Waals surface area contributed by atoms with E-state index < -0.39 is 6.10 Å². The highest BCUT2D eigenvalue weighted by atomic mass is 16.3. The summed E-state index contributed by atoms with van der Waals surface area (Å²) in [7, 11) is 0. The largest absolute Gasteiger partial charge is 0.385 e. The molecule has 3 fully saturated rings. The van der Waals surface area contributed by atoms with Gasteiger partial charge in [0.05, 0.1) is 0 Å². The van der Waals surface area contributed by atoms with E-state index in [1.165, 1.54) is 6.42 Å². The van der Waals surface area contributed by atoms with E-state index in [0.717, 1.165) is 38.5 Å². The van der Waals surface area contributed by atoms with Crippen LogP contribution in [0.2, 0.25) is 0 Å².